The topological polar surface area (TPSA) is 58.6 Å². The van der Waals surface area contributed by atoms with Gasteiger partial charge < -0.3 is 15.0 Å². The van der Waals surface area contributed by atoms with Crippen LogP contribution >= 0.6 is 11.6 Å². The molecule has 7 heteroatoms. The molecule has 3 aromatic rings. The standard InChI is InChI=1S/C23H18ClFN2O3/c1-14-23(29)27(13-15-6-2-5-9-19(15)25)20-12-16(10-11-21(20)30-14)26-22(28)17-7-3-4-8-18(17)24/h2-12,14H,13H2,1H3,(H,26,28). The minimum atomic E-state index is -0.701. The van der Waals surface area contributed by atoms with Gasteiger partial charge in [0.25, 0.3) is 11.8 Å². The monoisotopic (exact) mass is 424 g/mol. The highest BCUT2D eigenvalue weighted by atomic mass is 35.5. The van der Waals surface area contributed by atoms with Crippen molar-refractivity contribution >= 4 is 34.8 Å². The molecule has 1 N–H and O–H groups in total. The number of halogens is 2. The van der Waals surface area contributed by atoms with E-state index < -0.39 is 11.9 Å². The summed E-state index contributed by atoms with van der Waals surface area (Å²) in [5, 5.41) is 3.11. The average Bonchev–Trinajstić information content (AvgIpc) is 2.73. The molecule has 1 aliphatic heterocycles. The van der Waals surface area contributed by atoms with E-state index in [1.807, 2.05) is 0 Å². The molecule has 0 saturated carbocycles. The number of carbonyl (C=O) groups excluding carboxylic acids is 2. The fraction of sp³-hybridized carbons (Fsp3) is 0.130. The second-order valence-electron chi connectivity index (χ2n) is 6.89. The molecule has 1 unspecified atom stereocenters. The zero-order chi connectivity index (χ0) is 21.3. The van der Waals surface area contributed by atoms with Crippen LogP contribution in [0.2, 0.25) is 5.02 Å². The molecule has 2 amide bonds. The van der Waals surface area contributed by atoms with E-state index >= 15 is 0 Å². The number of hydrogen-bond acceptors (Lipinski definition) is 3. The van der Waals surface area contributed by atoms with Crippen molar-refractivity contribution in [2.45, 2.75) is 19.6 Å². The summed E-state index contributed by atoms with van der Waals surface area (Å²) < 4.78 is 19.9. The van der Waals surface area contributed by atoms with Gasteiger partial charge in [-0.25, -0.2) is 4.39 Å². The smallest absolute Gasteiger partial charge is 0.268 e. The molecule has 0 aliphatic carbocycles. The number of anilines is 2. The molecule has 0 radical (unpaired) electrons. The van der Waals surface area contributed by atoms with Gasteiger partial charge in [0.1, 0.15) is 11.6 Å². The van der Waals surface area contributed by atoms with Gasteiger partial charge in [0, 0.05) is 11.3 Å². The van der Waals surface area contributed by atoms with Crippen LogP contribution in [0.15, 0.2) is 66.7 Å². The lowest BCUT2D eigenvalue weighted by atomic mass is 10.1. The minimum Gasteiger partial charge on any atom is -0.479 e. The summed E-state index contributed by atoms with van der Waals surface area (Å²) >= 11 is 6.09. The normalized spacial score (nSPS) is 15.4. The van der Waals surface area contributed by atoms with Crippen LogP contribution in [-0.4, -0.2) is 17.9 Å². The first kappa shape index (κ1) is 19.9. The molecule has 0 bridgehead atoms. The van der Waals surface area contributed by atoms with Crippen molar-refractivity contribution < 1.29 is 18.7 Å². The number of fused-ring (bicyclic) bond motifs is 1. The number of carbonyl (C=O) groups is 2. The summed E-state index contributed by atoms with van der Waals surface area (Å²) in [7, 11) is 0. The van der Waals surface area contributed by atoms with Crippen molar-refractivity contribution in [1.82, 2.24) is 0 Å². The van der Waals surface area contributed by atoms with E-state index in [4.69, 9.17) is 16.3 Å². The molecule has 30 heavy (non-hydrogen) atoms. The first-order valence-electron chi connectivity index (χ1n) is 9.35. The Balaban J connectivity index is 1.66. The van der Waals surface area contributed by atoms with E-state index in [1.165, 1.54) is 11.0 Å². The quantitative estimate of drug-likeness (QED) is 0.638. The highest BCUT2D eigenvalue weighted by molar-refractivity contribution is 6.34. The van der Waals surface area contributed by atoms with Gasteiger partial charge in [-0.05, 0) is 43.3 Å². The van der Waals surface area contributed by atoms with E-state index in [1.54, 1.807) is 67.6 Å². The van der Waals surface area contributed by atoms with Crippen LogP contribution in [0.3, 0.4) is 0 Å². The number of amides is 2. The molecular formula is C23H18ClFN2O3. The van der Waals surface area contributed by atoms with Crippen LogP contribution in [0.4, 0.5) is 15.8 Å². The van der Waals surface area contributed by atoms with Crippen molar-refractivity contribution in [2.24, 2.45) is 0 Å². The van der Waals surface area contributed by atoms with Crippen LogP contribution < -0.4 is 15.0 Å². The Bertz CT molecular complexity index is 1130. The lowest BCUT2D eigenvalue weighted by Gasteiger charge is -2.33. The molecule has 0 fully saturated rings. The second-order valence-corrected chi connectivity index (χ2v) is 7.30. The highest BCUT2D eigenvalue weighted by Gasteiger charge is 2.32. The third kappa shape index (κ3) is 3.86. The SMILES string of the molecule is CC1Oc2ccc(NC(=O)c3ccccc3Cl)cc2N(Cc2ccccc2F)C1=O. The Morgan fingerprint density at radius 2 is 1.87 bits per heavy atom. The number of nitrogens with zero attached hydrogens (tertiary/aromatic N) is 1. The summed E-state index contributed by atoms with van der Waals surface area (Å²) in [4.78, 5) is 26.8. The second kappa shape index (κ2) is 8.16. The number of hydrogen-bond donors (Lipinski definition) is 1. The predicted molar refractivity (Wildman–Crippen MR) is 114 cm³/mol. The number of benzene rings is 3. The minimum absolute atomic E-state index is 0.0497. The summed E-state index contributed by atoms with van der Waals surface area (Å²) in [6.45, 7) is 1.70. The van der Waals surface area contributed by atoms with Crippen molar-refractivity contribution in [3.63, 3.8) is 0 Å². The van der Waals surface area contributed by atoms with E-state index in [2.05, 4.69) is 5.32 Å². The number of rotatable bonds is 4. The fourth-order valence-corrected chi connectivity index (χ4v) is 3.51. The average molecular weight is 425 g/mol. The summed E-state index contributed by atoms with van der Waals surface area (Å²) in [5.41, 5.74) is 1.64. The Morgan fingerprint density at radius 3 is 2.63 bits per heavy atom. The fourth-order valence-electron chi connectivity index (χ4n) is 3.29. The predicted octanol–water partition coefficient (Wildman–Crippen LogP) is 5.05. The van der Waals surface area contributed by atoms with Gasteiger partial charge >= 0.3 is 0 Å². The van der Waals surface area contributed by atoms with E-state index in [9.17, 15) is 14.0 Å². The number of ether oxygens (including phenoxy) is 1. The van der Waals surface area contributed by atoms with Crippen molar-refractivity contribution in [3.05, 3.63) is 88.7 Å². The van der Waals surface area contributed by atoms with Crippen LogP contribution in [0.25, 0.3) is 0 Å². The third-order valence-corrected chi connectivity index (χ3v) is 5.16. The van der Waals surface area contributed by atoms with Gasteiger partial charge in [-0.2, -0.15) is 0 Å². The van der Waals surface area contributed by atoms with Gasteiger partial charge in [0.2, 0.25) is 0 Å². The van der Waals surface area contributed by atoms with Gasteiger partial charge in [-0.1, -0.05) is 41.9 Å². The molecule has 3 aromatic carbocycles. The maximum Gasteiger partial charge on any atom is 0.268 e. The number of nitrogens with one attached hydrogen (secondary N) is 1. The molecule has 1 heterocycles. The summed E-state index contributed by atoms with van der Waals surface area (Å²) in [5.74, 6) is -0.582. The van der Waals surface area contributed by atoms with Gasteiger partial charge in [0.05, 0.1) is 22.8 Å². The molecule has 0 saturated heterocycles. The van der Waals surface area contributed by atoms with Gasteiger partial charge in [-0.15, -0.1) is 0 Å². The van der Waals surface area contributed by atoms with Crippen LogP contribution in [0.5, 0.6) is 5.75 Å². The lowest BCUT2D eigenvalue weighted by Crippen LogP contribution is -2.44. The van der Waals surface area contributed by atoms with E-state index in [0.717, 1.165) is 0 Å². The maximum absolute atomic E-state index is 14.2. The van der Waals surface area contributed by atoms with Crippen molar-refractivity contribution in [2.75, 3.05) is 10.2 Å². The Labute approximate surface area is 178 Å². The summed E-state index contributed by atoms with van der Waals surface area (Å²) in [6.07, 6.45) is -0.701. The molecule has 5 nitrogen and oxygen atoms in total. The Hall–Kier alpha value is -3.38. The molecule has 0 aromatic heterocycles. The van der Waals surface area contributed by atoms with Crippen LogP contribution in [-0.2, 0) is 11.3 Å². The van der Waals surface area contributed by atoms with Crippen molar-refractivity contribution in [3.8, 4) is 5.75 Å². The summed E-state index contributed by atoms with van der Waals surface area (Å²) in [6, 6.07) is 18.0. The molecule has 0 spiro atoms. The largest absolute Gasteiger partial charge is 0.479 e. The van der Waals surface area contributed by atoms with Crippen LogP contribution in [0.1, 0.15) is 22.8 Å². The molecule has 4 rings (SSSR count). The molecular weight excluding hydrogens is 407 g/mol. The Morgan fingerprint density at radius 1 is 1.13 bits per heavy atom. The van der Waals surface area contributed by atoms with E-state index in [-0.39, 0.29) is 18.4 Å². The lowest BCUT2D eigenvalue weighted by molar-refractivity contribution is -0.125. The maximum atomic E-state index is 14.2. The van der Waals surface area contributed by atoms with Gasteiger partial charge in [0.15, 0.2) is 6.10 Å². The zero-order valence-electron chi connectivity index (χ0n) is 16.1. The van der Waals surface area contributed by atoms with Crippen molar-refractivity contribution in [1.29, 1.82) is 0 Å². The van der Waals surface area contributed by atoms with Crippen LogP contribution in [0, 0.1) is 5.82 Å². The highest BCUT2D eigenvalue weighted by Crippen LogP contribution is 2.37. The third-order valence-electron chi connectivity index (χ3n) is 4.83. The molecule has 152 valence electrons. The van der Waals surface area contributed by atoms with E-state index in [0.29, 0.717) is 33.3 Å². The zero-order valence-corrected chi connectivity index (χ0v) is 16.8. The molecule has 1 aliphatic rings. The first-order valence-corrected chi connectivity index (χ1v) is 9.73. The molecule has 1 atom stereocenters. The first-order chi connectivity index (χ1) is 14.4. The van der Waals surface area contributed by atoms with Gasteiger partial charge in [-0.3, -0.25) is 9.59 Å². The Kier molecular flexibility index (Phi) is 5.42.